The Morgan fingerprint density at radius 2 is 1.52 bits per heavy atom. The standard InChI is InChI=1S/C19H24N2O4.2HI/c1-6-24-18(22)15-12(3)20-13(4)16(19(23)25-7-2)17(15)14-9-8-10-21(5)11-14;;/h8-11,17H,6-7H2,1-5H3;2*1H. The maximum atomic E-state index is 12.6. The number of nitrogens with two attached hydrogens (primary N) is 1. The largest absolute Gasteiger partial charge is 1.00 e. The number of pyridine rings is 1. The first kappa shape index (κ1) is 26.0. The second-order valence-electron chi connectivity index (χ2n) is 6.01. The third-order valence-corrected chi connectivity index (χ3v) is 4.15. The van der Waals surface area contributed by atoms with Gasteiger partial charge in [0.05, 0.1) is 19.1 Å². The topological polar surface area (TPSA) is 73.1 Å². The first-order valence-electron chi connectivity index (χ1n) is 8.46. The molecule has 0 unspecified atom stereocenters. The summed E-state index contributed by atoms with van der Waals surface area (Å²) in [7, 11) is 1.90. The number of aromatic nitrogens is 1. The summed E-state index contributed by atoms with van der Waals surface area (Å²) >= 11 is 0. The minimum absolute atomic E-state index is 0. The second kappa shape index (κ2) is 11.7. The van der Waals surface area contributed by atoms with Gasteiger partial charge in [-0.05, 0) is 19.9 Å². The summed E-state index contributed by atoms with van der Waals surface area (Å²) in [5.74, 6) is -1.31. The van der Waals surface area contributed by atoms with E-state index in [4.69, 9.17) is 9.47 Å². The highest BCUT2D eigenvalue weighted by atomic mass is 127. The maximum Gasteiger partial charge on any atom is 0.340 e. The molecule has 0 saturated carbocycles. The summed E-state index contributed by atoms with van der Waals surface area (Å²) in [6, 6.07) is 3.80. The van der Waals surface area contributed by atoms with Crippen molar-refractivity contribution in [2.75, 3.05) is 13.2 Å². The number of halogens is 2. The van der Waals surface area contributed by atoms with E-state index in [1.165, 1.54) is 0 Å². The van der Waals surface area contributed by atoms with Gasteiger partial charge in [0.1, 0.15) is 29.6 Å². The Hall–Kier alpha value is -1.01. The van der Waals surface area contributed by atoms with Crippen LogP contribution in [0.15, 0.2) is 47.1 Å². The van der Waals surface area contributed by atoms with E-state index >= 15 is 0 Å². The van der Waals surface area contributed by atoms with E-state index in [2.05, 4.69) is 0 Å². The highest BCUT2D eigenvalue weighted by molar-refractivity contribution is 5.99. The molecule has 1 aromatic heterocycles. The molecule has 1 aromatic rings. The quantitative estimate of drug-likeness (QED) is 0.209. The van der Waals surface area contributed by atoms with E-state index in [0.717, 1.165) is 17.0 Å². The number of hydrogen-bond donors (Lipinski definition) is 1. The predicted octanol–water partition coefficient (Wildman–Crippen LogP) is -5.15. The SMILES string of the molecule is CCOC(=O)C1=C(C)[NH2+]C(C)=C(C(=O)OCC)C1c1ccc[n+](C)c1.[I-].[I-]. The molecule has 6 nitrogen and oxygen atoms in total. The molecule has 0 fully saturated rings. The lowest BCUT2D eigenvalue weighted by Gasteiger charge is -2.26. The van der Waals surface area contributed by atoms with Crippen LogP contribution in [0, 0.1) is 0 Å². The Morgan fingerprint density at radius 1 is 1.04 bits per heavy atom. The Morgan fingerprint density at radius 3 is 1.93 bits per heavy atom. The molecule has 0 aromatic carbocycles. The number of carbonyl (C=O) groups is 2. The summed E-state index contributed by atoms with van der Waals surface area (Å²) in [5.41, 5.74) is 3.44. The molecular formula is C19H26I2N2O4. The predicted molar refractivity (Wildman–Crippen MR) is 91.0 cm³/mol. The summed E-state index contributed by atoms with van der Waals surface area (Å²) < 4.78 is 12.4. The van der Waals surface area contributed by atoms with Gasteiger partial charge in [-0.2, -0.15) is 0 Å². The Bertz CT molecular complexity index is 720. The minimum Gasteiger partial charge on any atom is -1.00 e. The smallest absolute Gasteiger partial charge is 0.340 e. The van der Waals surface area contributed by atoms with Crippen LogP contribution in [0.2, 0.25) is 0 Å². The molecule has 2 N–H and O–H groups in total. The molecule has 0 spiro atoms. The number of rotatable bonds is 5. The van der Waals surface area contributed by atoms with Gasteiger partial charge < -0.3 is 57.4 Å². The molecule has 2 heterocycles. The van der Waals surface area contributed by atoms with Gasteiger partial charge in [-0.1, -0.05) is 0 Å². The number of carbonyl (C=O) groups excluding carboxylic acids is 2. The van der Waals surface area contributed by atoms with Crippen LogP contribution in [-0.2, 0) is 26.1 Å². The van der Waals surface area contributed by atoms with Gasteiger partial charge in [0.25, 0.3) is 0 Å². The highest BCUT2D eigenvalue weighted by Crippen LogP contribution is 2.36. The molecule has 0 saturated heterocycles. The molecule has 27 heavy (non-hydrogen) atoms. The van der Waals surface area contributed by atoms with E-state index < -0.39 is 17.9 Å². The van der Waals surface area contributed by atoms with Crippen molar-refractivity contribution >= 4 is 11.9 Å². The maximum absolute atomic E-state index is 12.6. The molecule has 1 aliphatic rings. The summed E-state index contributed by atoms with van der Waals surface area (Å²) in [6.45, 7) is 7.84. The van der Waals surface area contributed by atoms with Crippen LogP contribution in [0.3, 0.4) is 0 Å². The van der Waals surface area contributed by atoms with Crippen LogP contribution in [0.1, 0.15) is 39.2 Å². The first-order valence-corrected chi connectivity index (χ1v) is 8.46. The van der Waals surface area contributed by atoms with Crippen molar-refractivity contribution < 1.29 is 76.9 Å². The number of quaternary nitrogens is 1. The van der Waals surface area contributed by atoms with Crippen LogP contribution in [0.4, 0.5) is 0 Å². The fraction of sp³-hybridized carbons (Fsp3) is 0.421. The van der Waals surface area contributed by atoms with E-state index in [-0.39, 0.29) is 61.2 Å². The Labute approximate surface area is 194 Å². The zero-order valence-corrected chi connectivity index (χ0v) is 20.5. The summed E-state index contributed by atoms with van der Waals surface area (Å²) in [4.78, 5) is 25.3. The van der Waals surface area contributed by atoms with E-state index in [9.17, 15) is 9.59 Å². The average molecular weight is 600 g/mol. The normalized spacial score (nSPS) is 14.3. The molecule has 0 aliphatic carbocycles. The number of ether oxygens (including phenoxy) is 2. The molecule has 0 radical (unpaired) electrons. The number of aryl methyl sites for hydroxylation is 1. The van der Waals surface area contributed by atoms with Crippen molar-refractivity contribution in [1.29, 1.82) is 0 Å². The molecule has 1 aliphatic heterocycles. The van der Waals surface area contributed by atoms with Gasteiger partial charge in [-0.15, -0.1) is 0 Å². The average Bonchev–Trinajstić information content (AvgIpc) is 2.54. The van der Waals surface area contributed by atoms with Gasteiger partial charge in [0.15, 0.2) is 12.4 Å². The lowest BCUT2D eigenvalue weighted by atomic mass is 9.81. The molecule has 8 heteroatoms. The molecule has 0 bridgehead atoms. The Balaban J connectivity index is 0.00000338. The Kier molecular flexibility index (Phi) is 11.3. The van der Waals surface area contributed by atoms with Crippen LogP contribution in [0.25, 0.3) is 0 Å². The molecule has 2 rings (SSSR count). The first-order chi connectivity index (χ1) is 11.9. The van der Waals surface area contributed by atoms with Crippen LogP contribution < -0.4 is 57.8 Å². The van der Waals surface area contributed by atoms with Gasteiger partial charge in [0.2, 0.25) is 0 Å². The third-order valence-electron chi connectivity index (χ3n) is 4.15. The minimum atomic E-state index is -0.504. The van der Waals surface area contributed by atoms with Gasteiger partial charge in [-0.25, -0.2) is 14.2 Å². The van der Waals surface area contributed by atoms with Crippen molar-refractivity contribution in [2.24, 2.45) is 7.05 Å². The lowest BCUT2D eigenvalue weighted by Crippen LogP contribution is -3.00. The monoisotopic (exact) mass is 600 g/mol. The van der Waals surface area contributed by atoms with Crippen molar-refractivity contribution in [2.45, 2.75) is 33.6 Å². The fourth-order valence-corrected chi connectivity index (χ4v) is 3.17. The van der Waals surface area contributed by atoms with Gasteiger partial charge in [-0.3, -0.25) is 5.32 Å². The van der Waals surface area contributed by atoms with Crippen LogP contribution in [0.5, 0.6) is 0 Å². The number of hydrogen-bond acceptors (Lipinski definition) is 4. The zero-order valence-electron chi connectivity index (χ0n) is 16.2. The van der Waals surface area contributed by atoms with E-state index in [1.807, 2.05) is 55.3 Å². The zero-order chi connectivity index (χ0) is 18.6. The van der Waals surface area contributed by atoms with E-state index in [1.54, 1.807) is 13.8 Å². The third kappa shape index (κ3) is 5.98. The number of nitrogens with zero attached hydrogens (tertiary/aromatic N) is 1. The fourth-order valence-electron chi connectivity index (χ4n) is 3.17. The van der Waals surface area contributed by atoms with Crippen molar-refractivity contribution in [1.82, 2.24) is 0 Å². The van der Waals surface area contributed by atoms with E-state index in [0.29, 0.717) is 11.1 Å². The molecule has 0 amide bonds. The van der Waals surface area contributed by atoms with Crippen molar-refractivity contribution in [3.8, 4) is 0 Å². The van der Waals surface area contributed by atoms with Crippen LogP contribution in [-0.4, -0.2) is 25.2 Å². The summed E-state index contributed by atoms with van der Waals surface area (Å²) in [5, 5.41) is 1.85. The summed E-state index contributed by atoms with van der Waals surface area (Å²) in [6.07, 6.45) is 3.81. The van der Waals surface area contributed by atoms with Crippen LogP contribution >= 0.6 is 0 Å². The molecule has 0 atom stereocenters. The molecular weight excluding hydrogens is 574 g/mol. The molecule has 150 valence electrons. The lowest BCUT2D eigenvalue weighted by molar-refractivity contribution is -0.672. The van der Waals surface area contributed by atoms with Crippen molar-refractivity contribution in [3.63, 3.8) is 0 Å². The van der Waals surface area contributed by atoms with Gasteiger partial charge >= 0.3 is 11.9 Å². The number of esters is 2. The van der Waals surface area contributed by atoms with Crippen molar-refractivity contribution in [3.05, 3.63) is 52.6 Å². The van der Waals surface area contributed by atoms with Gasteiger partial charge in [0, 0.05) is 25.5 Å². The second-order valence-corrected chi connectivity index (χ2v) is 6.01. The highest BCUT2D eigenvalue weighted by Gasteiger charge is 2.41. The number of allylic oxidation sites excluding steroid dienone is 2.